The number of ether oxygens (including phenoxy) is 2. The van der Waals surface area contributed by atoms with Gasteiger partial charge in [0.15, 0.2) is 0 Å². The van der Waals surface area contributed by atoms with Crippen molar-refractivity contribution >= 4 is 5.97 Å². The van der Waals surface area contributed by atoms with Gasteiger partial charge in [0.1, 0.15) is 11.7 Å². The second kappa shape index (κ2) is 6.07. The maximum atomic E-state index is 11.6. The largest absolute Gasteiger partial charge is 0.462 e. The molecular formula is C22H36O4. The molecule has 26 heavy (non-hydrogen) atoms. The van der Waals surface area contributed by atoms with E-state index in [1.807, 2.05) is 6.92 Å². The van der Waals surface area contributed by atoms with Gasteiger partial charge in [0.2, 0.25) is 0 Å². The predicted molar refractivity (Wildman–Crippen MR) is 102 cm³/mol. The van der Waals surface area contributed by atoms with Crippen LogP contribution in [0.3, 0.4) is 0 Å². The Bertz CT molecular complexity index is 599. The normalized spacial score (nSPS) is 50.3. The van der Waals surface area contributed by atoms with E-state index >= 15 is 0 Å². The molecule has 2 saturated carbocycles. The van der Waals surface area contributed by atoms with Gasteiger partial charge in [0.05, 0.1) is 11.7 Å². The van der Waals surface area contributed by atoms with Crippen molar-refractivity contribution in [1.82, 2.24) is 0 Å². The lowest BCUT2D eigenvalue weighted by atomic mass is 9.43. The van der Waals surface area contributed by atoms with E-state index in [0.717, 1.165) is 32.1 Å². The van der Waals surface area contributed by atoms with Gasteiger partial charge in [-0.15, -0.1) is 6.58 Å². The van der Waals surface area contributed by atoms with Crippen LogP contribution >= 0.6 is 0 Å². The van der Waals surface area contributed by atoms with Crippen LogP contribution in [0.1, 0.15) is 73.6 Å². The Kier molecular flexibility index (Phi) is 4.64. The van der Waals surface area contributed by atoms with Gasteiger partial charge in [-0.3, -0.25) is 4.79 Å². The Morgan fingerprint density at radius 3 is 2.38 bits per heavy atom. The van der Waals surface area contributed by atoms with Gasteiger partial charge in [0.25, 0.3) is 0 Å². The van der Waals surface area contributed by atoms with Crippen molar-refractivity contribution in [2.24, 2.45) is 22.7 Å². The summed E-state index contributed by atoms with van der Waals surface area (Å²) < 4.78 is 12.2. The summed E-state index contributed by atoms with van der Waals surface area (Å²) in [4.78, 5) is 11.6. The zero-order chi connectivity index (χ0) is 19.5. The summed E-state index contributed by atoms with van der Waals surface area (Å²) in [6.45, 7) is 16.4. The molecule has 0 aromatic carbocycles. The Labute approximate surface area is 158 Å². The van der Waals surface area contributed by atoms with Gasteiger partial charge >= 0.3 is 5.97 Å². The average Bonchev–Trinajstić information content (AvgIpc) is 2.52. The molecular weight excluding hydrogens is 328 g/mol. The molecule has 3 rings (SSSR count). The van der Waals surface area contributed by atoms with Gasteiger partial charge in [-0.25, -0.2) is 0 Å². The van der Waals surface area contributed by atoms with Crippen LogP contribution < -0.4 is 0 Å². The van der Waals surface area contributed by atoms with E-state index in [-0.39, 0.29) is 34.4 Å². The Balaban J connectivity index is 1.94. The van der Waals surface area contributed by atoms with Gasteiger partial charge in [-0.2, -0.15) is 0 Å². The summed E-state index contributed by atoms with van der Waals surface area (Å²) in [5.41, 5.74) is -0.947. The second-order valence-corrected chi connectivity index (χ2v) is 10.2. The molecule has 4 heteroatoms. The molecule has 1 N–H and O–H groups in total. The van der Waals surface area contributed by atoms with Crippen molar-refractivity contribution in [2.75, 3.05) is 0 Å². The van der Waals surface area contributed by atoms with Crippen molar-refractivity contribution in [2.45, 2.75) is 97.1 Å². The van der Waals surface area contributed by atoms with Crippen molar-refractivity contribution in [1.29, 1.82) is 0 Å². The fourth-order valence-electron chi connectivity index (χ4n) is 6.74. The third-order valence-electron chi connectivity index (χ3n) is 8.22. The molecule has 0 bridgehead atoms. The zero-order valence-electron chi connectivity index (χ0n) is 17.3. The number of aliphatic hydroxyl groups excluding tert-OH is 1. The van der Waals surface area contributed by atoms with E-state index in [1.54, 1.807) is 6.08 Å². The maximum Gasteiger partial charge on any atom is 0.302 e. The first-order valence-corrected chi connectivity index (χ1v) is 10.1. The summed E-state index contributed by atoms with van der Waals surface area (Å²) in [5.74, 6) is 0.537. The number of carbonyl (C=O) groups is 1. The molecule has 148 valence electrons. The number of hydrogen-bond acceptors (Lipinski definition) is 4. The lowest BCUT2D eigenvalue weighted by molar-refractivity contribution is -0.288. The van der Waals surface area contributed by atoms with Crippen molar-refractivity contribution in [3.63, 3.8) is 0 Å². The van der Waals surface area contributed by atoms with E-state index in [1.165, 1.54) is 6.92 Å². The molecule has 0 amide bonds. The highest BCUT2D eigenvalue weighted by Gasteiger charge is 2.65. The molecule has 0 aromatic rings. The number of fused-ring (bicyclic) bond motifs is 3. The Morgan fingerprint density at radius 1 is 1.15 bits per heavy atom. The number of hydrogen-bond donors (Lipinski definition) is 1. The number of carbonyl (C=O) groups excluding carboxylic acids is 1. The minimum absolute atomic E-state index is 0.0321. The number of aliphatic hydroxyl groups is 1. The van der Waals surface area contributed by atoms with Crippen molar-refractivity contribution in [3.05, 3.63) is 12.7 Å². The molecule has 3 fully saturated rings. The van der Waals surface area contributed by atoms with Crippen LogP contribution in [-0.2, 0) is 14.3 Å². The third kappa shape index (κ3) is 2.75. The smallest absolute Gasteiger partial charge is 0.302 e. The topological polar surface area (TPSA) is 55.8 Å². The van der Waals surface area contributed by atoms with Crippen LogP contribution in [0.5, 0.6) is 0 Å². The number of rotatable bonds is 2. The first kappa shape index (κ1) is 19.9. The summed E-state index contributed by atoms with van der Waals surface area (Å²) in [5, 5.41) is 10.8. The van der Waals surface area contributed by atoms with Crippen LogP contribution in [0.4, 0.5) is 0 Å². The molecule has 0 radical (unpaired) electrons. The molecule has 1 heterocycles. The molecule has 0 aromatic heterocycles. The first-order chi connectivity index (χ1) is 11.9. The monoisotopic (exact) mass is 364 g/mol. The van der Waals surface area contributed by atoms with Gasteiger partial charge < -0.3 is 14.6 Å². The molecule has 1 aliphatic heterocycles. The molecule has 2 aliphatic carbocycles. The van der Waals surface area contributed by atoms with E-state index in [4.69, 9.17) is 9.47 Å². The average molecular weight is 365 g/mol. The van der Waals surface area contributed by atoms with Gasteiger partial charge in [-0.1, -0.05) is 26.8 Å². The summed E-state index contributed by atoms with van der Waals surface area (Å²) in [7, 11) is 0. The fourth-order valence-corrected chi connectivity index (χ4v) is 6.74. The van der Waals surface area contributed by atoms with E-state index in [2.05, 4.69) is 34.3 Å². The van der Waals surface area contributed by atoms with Crippen molar-refractivity contribution in [3.8, 4) is 0 Å². The number of esters is 1. The maximum absolute atomic E-state index is 11.6. The van der Waals surface area contributed by atoms with E-state index in [0.29, 0.717) is 5.92 Å². The highest BCUT2D eigenvalue weighted by atomic mass is 16.5. The molecule has 4 nitrogen and oxygen atoms in total. The zero-order valence-corrected chi connectivity index (χ0v) is 17.3. The van der Waals surface area contributed by atoms with E-state index < -0.39 is 11.7 Å². The molecule has 2 unspecified atom stereocenters. The molecule has 0 spiro atoms. The summed E-state index contributed by atoms with van der Waals surface area (Å²) >= 11 is 0. The molecule has 7 atom stereocenters. The van der Waals surface area contributed by atoms with Crippen LogP contribution in [0.2, 0.25) is 0 Å². The second-order valence-electron chi connectivity index (χ2n) is 10.2. The lowest BCUT2D eigenvalue weighted by Gasteiger charge is -2.66. The molecule has 1 saturated heterocycles. The standard InChI is InChI=1S/C22H36O4/c1-8-21(6)17(24)13-16-20(5)11-10-18(25-14(2)23)19(3,4)15(20)9-12-22(16,7)26-21/h8,15-18,24H,1,9-13H2,2-7H3/t15?,16?,17-,18+,20+,21-,22-/m0/s1. The minimum atomic E-state index is -0.682. The third-order valence-corrected chi connectivity index (χ3v) is 8.22. The molecule has 3 aliphatic rings. The SMILES string of the molecule is C=C[C@]1(C)O[C@@]2(C)CCC3C(C)(C)[C@H](OC(C)=O)CC[C@@]3(C)C2C[C@@H]1O. The van der Waals surface area contributed by atoms with E-state index in [9.17, 15) is 9.90 Å². The van der Waals surface area contributed by atoms with Gasteiger partial charge in [0, 0.05) is 12.3 Å². The summed E-state index contributed by atoms with van der Waals surface area (Å²) in [6, 6.07) is 0. The fraction of sp³-hybridized carbons (Fsp3) is 0.864. The quantitative estimate of drug-likeness (QED) is 0.588. The lowest BCUT2D eigenvalue weighted by Crippen LogP contribution is -2.67. The van der Waals surface area contributed by atoms with Crippen LogP contribution in [0, 0.1) is 22.7 Å². The first-order valence-electron chi connectivity index (χ1n) is 10.1. The van der Waals surface area contributed by atoms with Crippen molar-refractivity contribution < 1.29 is 19.4 Å². The predicted octanol–water partition coefficient (Wildman–Crippen LogP) is 4.26. The minimum Gasteiger partial charge on any atom is -0.462 e. The Morgan fingerprint density at radius 2 is 1.81 bits per heavy atom. The van der Waals surface area contributed by atoms with Gasteiger partial charge in [-0.05, 0) is 63.2 Å². The van der Waals surface area contributed by atoms with Crippen LogP contribution in [0.25, 0.3) is 0 Å². The van der Waals surface area contributed by atoms with Crippen LogP contribution in [-0.4, -0.2) is 34.5 Å². The summed E-state index contributed by atoms with van der Waals surface area (Å²) in [6.07, 6.45) is 5.82. The highest BCUT2D eigenvalue weighted by Crippen LogP contribution is 2.65. The highest BCUT2D eigenvalue weighted by molar-refractivity contribution is 5.66. The Hall–Kier alpha value is -0.870. The van der Waals surface area contributed by atoms with Crippen LogP contribution in [0.15, 0.2) is 12.7 Å².